The van der Waals surface area contributed by atoms with Crippen LogP contribution in [0.25, 0.3) is 0 Å². The Morgan fingerprint density at radius 1 is 1.19 bits per heavy atom. The molecule has 1 aliphatic heterocycles. The first kappa shape index (κ1) is 14.6. The highest BCUT2D eigenvalue weighted by molar-refractivity contribution is 7.98. The van der Waals surface area contributed by atoms with Crippen LogP contribution in [0.1, 0.15) is 35.3 Å². The lowest BCUT2D eigenvalue weighted by molar-refractivity contribution is 0.0320. The Bertz CT molecular complexity index is 596. The number of benzene rings is 2. The van der Waals surface area contributed by atoms with E-state index in [-0.39, 0.29) is 12.1 Å². The minimum Gasteiger partial charge on any atom is -0.373 e. The molecule has 0 saturated carbocycles. The van der Waals surface area contributed by atoms with Gasteiger partial charge in [-0.05, 0) is 47.9 Å². The van der Waals surface area contributed by atoms with Crippen molar-refractivity contribution in [2.75, 3.05) is 12.9 Å². The molecule has 0 saturated heterocycles. The average Bonchev–Trinajstić information content (AvgIpc) is 2.55. The van der Waals surface area contributed by atoms with Crippen LogP contribution in [0.5, 0.6) is 0 Å². The number of hydrogen-bond donors (Lipinski definition) is 1. The van der Waals surface area contributed by atoms with Crippen LogP contribution >= 0.6 is 11.8 Å². The summed E-state index contributed by atoms with van der Waals surface area (Å²) in [6.07, 6.45) is 4.03. The molecule has 0 aliphatic carbocycles. The number of ether oxygens (including phenoxy) is 1. The minimum absolute atomic E-state index is 0.0112. The zero-order valence-corrected chi connectivity index (χ0v) is 13.1. The summed E-state index contributed by atoms with van der Waals surface area (Å²) in [5.41, 5.74) is 10.3. The van der Waals surface area contributed by atoms with Crippen molar-refractivity contribution in [3.05, 3.63) is 65.2 Å². The monoisotopic (exact) mass is 299 g/mol. The molecule has 110 valence electrons. The van der Waals surface area contributed by atoms with Gasteiger partial charge in [0, 0.05) is 10.9 Å². The van der Waals surface area contributed by atoms with Gasteiger partial charge in [0.05, 0.1) is 12.7 Å². The van der Waals surface area contributed by atoms with E-state index in [0.717, 1.165) is 19.4 Å². The van der Waals surface area contributed by atoms with Crippen LogP contribution in [0.4, 0.5) is 0 Å². The Balaban J connectivity index is 1.74. The van der Waals surface area contributed by atoms with E-state index < -0.39 is 0 Å². The van der Waals surface area contributed by atoms with Crippen molar-refractivity contribution in [2.45, 2.75) is 29.9 Å². The molecule has 3 heteroatoms. The van der Waals surface area contributed by atoms with E-state index >= 15 is 0 Å². The van der Waals surface area contributed by atoms with E-state index in [1.54, 1.807) is 11.8 Å². The van der Waals surface area contributed by atoms with Gasteiger partial charge in [-0.15, -0.1) is 11.8 Å². The molecule has 0 spiro atoms. The van der Waals surface area contributed by atoms with Crippen molar-refractivity contribution in [1.29, 1.82) is 0 Å². The first-order valence-electron chi connectivity index (χ1n) is 7.37. The zero-order chi connectivity index (χ0) is 14.7. The maximum absolute atomic E-state index is 6.39. The average molecular weight is 299 g/mol. The van der Waals surface area contributed by atoms with E-state index in [2.05, 4.69) is 54.8 Å². The number of hydrogen-bond acceptors (Lipinski definition) is 3. The molecule has 2 nitrogen and oxygen atoms in total. The highest BCUT2D eigenvalue weighted by Crippen LogP contribution is 2.33. The Kier molecular flexibility index (Phi) is 4.63. The van der Waals surface area contributed by atoms with Gasteiger partial charge in [-0.2, -0.15) is 0 Å². The number of fused-ring (bicyclic) bond motifs is 1. The normalized spacial score (nSPS) is 19.0. The fraction of sp³-hybridized carbons (Fsp3) is 0.333. The lowest BCUT2D eigenvalue weighted by Gasteiger charge is -2.28. The van der Waals surface area contributed by atoms with Crippen LogP contribution in [-0.2, 0) is 11.2 Å². The Hall–Kier alpha value is -1.29. The summed E-state index contributed by atoms with van der Waals surface area (Å²) in [5, 5.41) is 0. The lowest BCUT2D eigenvalue weighted by atomic mass is 9.92. The van der Waals surface area contributed by atoms with Crippen molar-refractivity contribution in [3.63, 3.8) is 0 Å². The SMILES string of the molecule is CSc1ccc(C(N)CC2OCCc3ccccc32)cc1. The quantitative estimate of drug-likeness (QED) is 0.863. The fourth-order valence-corrected chi connectivity index (χ4v) is 3.30. The number of rotatable bonds is 4. The van der Waals surface area contributed by atoms with Crippen LogP contribution in [-0.4, -0.2) is 12.9 Å². The van der Waals surface area contributed by atoms with Crippen LogP contribution in [0.15, 0.2) is 53.4 Å². The first-order valence-corrected chi connectivity index (χ1v) is 8.59. The molecular formula is C18H21NOS. The van der Waals surface area contributed by atoms with E-state index in [9.17, 15) is 0 Å². The molecule has 1 heterocycles. The van der Waals surface area contributed by atoms with Gasteiger partial charge >= 0.3 is 0 Å². The maximum Gasteiger partial charge on any atom is 0.0845 e. The van der Waals surface area contributed by atoms with E-state index in [1.165, 1.54) is 21.6 Å². The molecule has 2 N–H and O–H groups in total. The summed E-state index contributed by atoms with van der Waals surface area (Å²) in [6.45, 7) is 0.791. The van der Waals surface area contributed by atoms with Crippen LogP contribution in [0, 0.1) is 0 Å². The molecule has 0 amide bonds. The van der Waals surface area contributed by atoms with E-state index in [1.807, 2.05) is 0 Å². The third-order valence-electron chi connectivity index (χ3n) is 4.10. The van der Waals surface area contributed by atoms with Crippen LogP contribution < -0.4 is 5.73 Å². The van der Waals surface area contributed by atoms with Gasteiger partial charge in [0.15, 0.2) is 0 Å². The van der Waals surface area contributed by atoms with Crippen molar-refractivity contribution >= 4 is 11.8 Å². The van der Waals surface area contributed by atoms with Crippen molar-refractivity contribution in [2.24, 2.45) is 5.73 Å². The van der Waals surface area contributed by atoms with Gasteiger partial charge in [0.25, 0.3) is 0 Å². The molecule has 3 rings (SSSR count). The first-order chi connectivity index (χ1) is 10.3. The third-order valence-corrected chi connectivity index (χ3v) is 4.85. The third kappa shape index (κ3) is 3.31. The number of nitrogens with two attached hydrogens (primary N) is 1. The topological polar surface area (TPSA) is 35.2 Å². The summed E-state index contributed by atoms with van der Waals surface area (Å²) in [6, 6.07) is 17.1. The summed E-state index contributed by atoms with van der Waals surface area (Å²) in [7, 11) is 0. The Labute approximate surface area is 130 Å². The van der Waals surface area contributed by atoms with Crippen LogP contribution in [0.3, 0.4) is 0 Å². The minimum atomic E-state index is 0.0112. The molecule has 21 heavy (non-hydrogen) atoms. The van der Waals surface area contributed by atoms with Gasteiger partial charge in [-0.1, -0.05) is 36.4 Å². The predicted octanol–water partition coefficient (Wildman–Crippen LogP) is 4.11. The summed E-state index contributed by atoms with van der Waals surface area (Å²) >= 11 is 1.75. The molecule has 2 aromatic rings. The zero-order valence-electron chi connectivity index (χ0n) is 12.3. The number of thioether (sulfide) groups is 1. The molecule has 0 bridgehead atoms. The second-order valence-corrected chi connectivity index (χ2v) is 6.30. The molecule has 2 atom stereocenters. The molecule has 0 aromatic heterocycles. The smallest absolute Gasteiger partial charge is 0.0845 e. The van der Waals surface area contributed by atoms with Crippen molar-refractivity contribution in [1.82, 2.24) is 0 Å². The molecule has 0 radical (unpaired) electrons. The second kappa shape index (κ2) is 6.65. The second-order valence-electron chi connectivity index (χ2n) is 5.42. The van der Waals surface area contributed by atoms with Gasteiger partial charge in [-0.3, -0.25) is 0 Å². The lowest BCUT2D eigenvalue weighted by Crippen LogP contribution is -2.21. The molecular weight excluding hydrogens is 278 g/mol. The molecule has 0 fully saturated rings. The maximum atomic E-state index is 6.39. The summed E-state index contributed by atoms with van der Waals surface area (Å²) < 4.78 is 5.96. The van der Waals surface area contributed by atoms with Crippen LogP contribution in [0.2, 0.25) is 0 Å². The molecule has 2 aromatic carbocycles. The Morgan fingerprint density at radius 2 is 1.95 bits per heavy atom. The molecule has 2 unspecified atom stereocenters. The standard InChI is InChI=1S/C18H21NOS/c1-21-15-8-6-14(7-9-15)17(19)12-18-16-5-3-2-4-13(16)10-11-20-18/h2-9,17-18H,10-12,19H2,1H3. The fourth-order valence-electron chi connectivity index (χ4n) is 2.89. The largest absolute Gasteiger partial charge is 0.373 e. The summed E-state index contributed by atoms with van der Waals surface area (Å²) in [5.74, 6) is 0. The summed E-state index contributed by atoms with van der Waals surface area (Å²) in [4.78, 5) is 1.27. The Morgan fingerprint density at radius 3 is 2.71 bits per heavy atom. The van der Waals surface area contributed by atoms with Gasteiger partial charge < -0.3 is 10.5 Å². The van der Waals surface area contributed by atoms with Gasteiger partial charge in [0.2, 0.25) is 0 Å². The van der Waals surface area contributed by atoms with Crippen molar-refractivity contribution in [3.8, 4) is 0 Å². The van der Waals surface area contributed by atoms with E-state index in [0.29, 0.717) is 0 Å². The molecule has 1 aliphatic rings. The van der Waals surface area contributed by atoms with E-state index in [4.69, 9.17) is 10.5 Å². The predicted molar refractivity (Wildman–Crippen MR) is 88.6 cm³/mol. The van der Waals surface area contributed by atoms with Gasteiger partial charge in [0.1, 0.15) is 0 Å². The highest BCUT2D eigenvalue weighted by Gasteiger charge is 2.23. The van der Waals surface area contributed by atoms with Gasteiger partial charge in [-0.25, -0.2) is 0 Å². The highest BCUT2D eigenvalue weighted by atomic mass is 32.2. The van der Waals surface area contributed by atoms with Crippen molar-refractivity contribution < 1.29 is 4.74 Å².